The molecule has 0 aromatic carbocycles. The number of hydrogen-bond donors (Lipinski definition) is 2. The summed E-state index contributed by atoms with van der Waals surface area (Å²) >= 11 is 0. The van der Waals surface area contributed by atoms with Gasteiger partial charge in [0.1, 0.15) is 6.54 Å². The van der Waals surface area contributed by atoms with Crippen molar-refractivity contribution in [3.8, 4) is 17.3 Å². The highest BCUT2D eigenvalue weighted by Crippen LogP contribution is 2.19. The average molecular weight is 359 g/mol. The van der Waals surface area contributed by atoms with Crippen molar-refractivity contribution in [2.75, 3.05) is 25.5 Å². The maximum absolute atomic E-state index is 13.7. The zero-order valence-electron chi connectivity index (χ0n) is 12.9. The van der Waals surface area contributed by atoms with Crippen molar-refractivity contribution >= 4 is 11.7 Å². The minimum absolute atomic E-state index is 0.120. The van der Waals surface area contributed by atoms with Gasteiger partial charge in [0, 0.05) is 17.8 Å². The first-order chi connectivity index (χ1) is 11.8. The lowest BCUT2D eigenvalue weighted by atomic mass is 10.2. The molecule has 25 heavy (non-hydrogen) atoms. The van der Waals surface area contributed by atoms with E-state index < -0.39 is 31.0 Å². The molecule has 0 unspecified atom stereocenters. The highest BCUT2D eigenvalue weighted by atomic mass is 19.4. The van der Waals surface area contributed by atoms with Crippen LogP contribution in [0.1, 0.15) is 0 Å². The van der Waals surface area contributed by atoms with Crippen LogP contribution >= 0.6 is 0 Å². The number of alkyl halides is 3. The number of nitrogens with zero attached hydrogens (tertiary/aromatic N) is 3. The van der Waals surface area contributed by atoms with Crippen LogP contribution in [0.2, 0.25) is 0 Å². The number of anilines is 1. The van der Waals surface area contributed by atoms with Crippen LogP contribution in [-0.2, 0) is 4.79 Å². The SMILES string of the molecule is COc1ccc(-c2ncc(F)c(NCC(=O)NCC(F)(F)F)n2)cn1. The first-order valence-corrected chi connectivity index (χ1v) is 6.89. The molecule has 2 rings (SSSR count). The molecule has 0 saturated heterocycles. The molecule has 2 heterocycles. The van der Waals surface area contributed by atoms with E-state index in [2.05, 4.69) is 20.3 Å². The number of rotatable bonds is 6. The smallest absolute Gasteiger partial charge is 0.405 e. The molecule has 0 saturated carbocycles. The molecular formula is C14H13F4N5O2. The van der Waals surface area contributed by atoms with Crippen molar-refractivity contribution in [3.05, 3.63) is 30.3 Å². The molecule has 0 aliphatic carbocycles. The maximum atomic E-state index is 13.7. The van der Waals surface area contributed by atoms with Crippen LogP contribution in [0.5, 0.6) is 5.88 Å². The van der Waals surface area contributed by atoms with E-state index in [1.165, 1.54) is 13.3 Å². The van der Waals surface area contributed by atoms with E-state index in [0.717, 1.165) is 6.20 Å². The Morgan fingerprint density at radius 1 is 1.24 bits per heavy atom. The minimum atomic E-state index is -4.52. The van der Waals surface area contributed by atoms with Crippen LogP contribution in [-0.4, -0.2) is 47.2 Å². The van der Waals surface area contributed by atoms with Crippen molar-refractivity contribution in [3.63, 3.8) is 0 Å². The van der Waals surface area contributed by atoms with Gasteiger partial charge < -0.3 is 15.4 Å². The van der Waals surface area contributed by atoms with Crippen LogP contribution in [0, 0.1) is 5.82 Å². The van der Waals surface area contributed by atoms with Gasteiger partial charge in [0.25, 0.3) is 0 Å². The van der Waals surface area contributed by atoms with Crippen molar-refractivity contribution in [2.24, 2.45) is 0 Å². The average Bonchev–Trinajstić information content (AvgIpc) is 2.59. The Labute approximate surface area is 139 Å². The summed E-state index contributed by atoms with van der Waals surface area (Å²) in [4.78, 5) is 23.0. The summed E-state index contributed by atoms with van der Waals surface area (Å²) in [5.74, 6) is -1.64. The van der Waals surface area contributed by atoms with Gasteiger partial charge >= 0.3 is 6.18 Å². The minimum Gasteiger partial charge on any atom is -0.481 e. The molecular weight excluding hydrogens is 346 g/mol. The number of carbonyl (C=O) groups excluding carboxylic acids is 1. The van der Waals surface area contributed by atoms with Gasteiger partial charge in [-0.3, -0.25) is 4.79 Å². The zero-order chi connectivity index (χ0) is 18.4. The molecule has 0 spiro atoms. The van der Waals surface area contributed by atoms with Gasteiger partial charge in [0.15, 0.2) is 17.5 Å². The lowest BCUT2D eigenvalue weighted by molar-refractivity contribution is -0.137. The second-order valence-corrected chi connectivity index (χ2v) is 4.72. The van der Waals surface area contributed by atoms with Crippen molar-refractivity contribution in [1.82, 2.24) is 20.3 Å². The molecule has 2 aromatic rings. The number of carbonyl (C=O) groups is 1. The molecule has 7 nitrogen and oxygen atoms in total. The molecule has 0 atom stereocenters. The summed E-state index contributed by atoms with van der Waals surface area (Å²) in [7, 11) is 1.45. The third-order valence-electron chi connectivity index (χ3n) is 2.85. The number of aromatic nitrogens is 3. The number of hydrogen-bond acceptors (Lipinski definition) is 6. The first-order valence-electron chi connectivity index (χ1n) is 6.89. The normalized spacial score (nSPS) is 11.1. The summed E-state index contributed by atoms with van der Waals surface area (Å²) in [5.41, 5.74) is 0.463. The lowest BCUT2D eigenvalue weighted by Crippen LogP contribution is -2.37. The van der Waals surface area contributed by atoms with Crippen LogP contribution in [0.15, 0.2) is 24.5 Å². The third-order valence-corrected chi connectivity index (χ3v) is 2.85. The Morgan fingerprint density at radius 2 is 2.00 bits per heavy atom. The van der Waals surface area contributed by atoms with Gasteiger partial charge in [0.05, 0.1) is 19.9 Å². The number of methoxy groups -OCH3 is 1. The van der Waals surface area contributed by atoms with E-state index in [1.807, 2.05) is 0 Å². The highest BCUT2D eigenvalue weighted by Gasteiger charge is 2.27. The predicted octanol–water partition coefficient (Wildman–Crippen LogP) is 1.78. The fourth-order valence-corrected chi connectivity index (χ4v) is 1.69. The van der Waals surface area contributed by atoms with Crippen molar-refractivity contribution < 1.29 is 27.1 Å². The summed E-state index contributed by atoms with van der Waals surface area (Å²) < 4.78 is 54.6. The van der Waals surface area contributed by atoms with Gasteiger partial charge in [-0.1, -0.05) is 0 Å². The standard InChI is InChI=1S/C14H13F4N5O2/c1-25-11-3-2-8(4-19-11)12-20-5-9(15)13(23-12)21-6-10(24)22-7-14(16,17)18/h2-5H,6-7H2,1H3,(H,22,24)(H,20,21,23). The van der Waals surface area contributed by atoms with E-state index in [-0.39, 0.29) is 11.6 Å². The Kier molecular flexibility index (Phi) is 5.67. The molecule has 1 amide bonds. The molecule has 0 fully saturated rings. The fourth-order valence-electron chi connectivity index (χ4n) is 1.69. The number of pyridine rings is 1. The van der Waals surface area contributed by atoms with Crippen LogP contribution in [0.3, 0.4) is 0 Å². The van der Waals surface area contributed by atoms with Crippen molar-refractivity contribution in [1.29, 1.82) is 0 Å². The van der Waals surface area contributed by atoms with Gasteiger partial charge in [-0.2, -0.15) is 13.2 Å². The quantitative estimate of drug-likeness (QED) is 0.765. The number of amides is 1. The summed E-state index contributed by atoms with van der Waals surface area (Å²) in [6.07, 6.45) is -2.24. The molecule has 0 radical (unpaired) electrons. The summed E-state index contributed by atoms with van der Waals surface area (Å²) in [6.45, 7) is -2.05. The van der Waals surface area contributed by atoms with Gasteiger partial charge in [-0.25, -0.2) is 19.3 Å². The highest BCUT2D eigenvalue weighted by molar-refractivity contribution is 5.80. The molecule has 0 aliphatic heterocycles. The topological polar surface area (TPSA) is 89.0 Å². The van der Waals surface area contributed by atoms with Crippen LogP contribution in [0.25, 0.3) is 11.4 Å². The van der Waals surface area contributed by atoms with Crippen LogP contribution in [0.4, 0.5) is 23.4 Å². The van der Waals surface area contributed by atoms with E-state index in [4.69, 9.17) is 4.74 Å². The van der Waals surface area contributed by atoms with E-state index >= 15 is 0 Å². The van der Waals surface area contributed by atoms with E-state index in [1.54, 1.807) is 17.4 Å². The second kappa shape index (κ2) is 7.73. The maximum Gasteiger partial charge on any atom is 0.405 e. The molecule has 134 valence electrons. The molecule has 2 aromatic heterocycles. The van der Waals surface area contributed by atoms with E-state index in [9.17, 15) is 22.4 Å². The molecule has 11 heteroatoms. The van der Waals surface area contributed by atoms with Gasteiger partial charge in [-0.15, -0.1) is 0 Å². The lowest BCUT2D eigenvalue weighted by Gasteiger charge is -2.10. The van der Waals surface area contributed by atoms with Crippen LogP contribution < -0.4 is 15.4 Å². The van der Waals surface area contributed by atoms with Crippen molar-refractivity contribution in [2.45, 2.75) is 6.18 Å². The second-order valence-electron chi connectivity index (χ2n) is 4.72. The summed E-state index contributed by atoms with van der Waals surface area (Å²) in [5, 5.41) is 3.99. The molecule has 0 bridgehead atoms. The van der Waals surface area contributed by atoms with E-state index in [0.29, 0.717) is 11.4 Å². The van der Waals surface area contributed by atoms with Gasteiger partial charge in [-0.05, 0) is 6.07 Å². The molecule has 0 aliphatic rings. The third kappa shape index (κ3) is 5.55. The Bertz CT molecular complexity index is 737. The largest absolute Gasteiger partial charge is 0.481 e. The van der Waals surface area contributed by atoms with Gasteiger partial charge in [0.2, 0.25) is 11.8 Å². The fraction of sp³-hybridized carbons (Fsp3) is 0.286. The number of halogens is 4. The Hall–Kier alpha value is -2.98. The zero-order valence-corrected chi connectivity index (χ0v) is 12.9. The Morgan fingerprint density at radius 3 is 2.60 bits per heavy atom. The number of ether oxygens (including phenoxy) is 1. The predicted molar refractivity (Wildman–Crippen MR) is 79.3 cm³/mol. The first kappa shape index (κ1) is 18.4. The Balaban J connectivity index is 2.04. The monoisotopic (exact) mass is 359 g/mol. The summed E-state index contributed by atoms with van der Waals surface area (Å²) in [6, 6.07) is 3.15. The molecule has 2 N–H and O–H groups in total. The number of nitrogens with one attached hydrogen (secondary N) is 2.